The third-order valence-corrected chi connectivity index (χ3v) is 3.18. The van der Waals surface area contributed by atoms with E-state index in [1.807, 2.05) is 24.3 Å². The van der Waals surface area contributed by atoms with Crippen molar-refractivity contribution in [2.24, 2.45) is 0 Å². The Labute approximate surface area is 128 Å². The van der Waals surface area contributed by atoms with E-state index in [-0.39, 0.29) is 10.7 Å². The summed E-state index contributed by atoms with van der Waals surface area (Å²) < 4.78 is 5.11. The fraction of sp³-hybridized carbons (Fsp3) is 0.267. The lowest BCUT2D eigenvalue weighted by Gasteiger charge is -2.10. The Hall–Kier alpha value is -1.98. The number of aldehydes is 1. The molecule has 1 aromatic carbocycles. The number of aromatic nitrogens is 2. The topological polar surface area (TPSA) is 64.1 Å². The molecular formula is C15H16ClN3O2. The van der Waals surface area contributed by atoms with Crippen molar-refractivity contribution in [2.75, 3.05) is 12.4 Å². The number of carbonyl (C=O) groups is 1. The van der Waals surface area contributed by atoms with Crippen LogP contribution in [0, 0.1) is 6.92 Å². The molecule has 0 unspecified atom stereocenters. The van der Waals surface area contributed by atoms with Gasteiger partial charge in [-0.3, -0.25) is 4.79 Å². The molecule has 1 heterocycles. The van der Waals surface area contributed by atoms with Crippen molar-refractivity contribution in [3.63, 3.8) is 0 Å². The van der Waals surface area contributed by atoms with Gasteiger partial charge in [0.2, 0.25) is 0 Å². The van der Waals surface area contributed by atoms with Gasteiger partial charge in [-0.25, -0.2) is 9.97 Å². The second-order valence-electron chi connectivity index (χ2n) is 4.55. The standard InChI is InChI=1S/C15H16ClN3O2/c1-10-18-14(16)13(8-20)15(19-10)17-7-11-4-3-5-12(6-11)9-21-2/h3-6,8H,7,9H2,1-2H3,(H,17,18,19). The number of hydrogen-bond acceptors (Lipinski definition) is 5. The molecule has 0 amide bonds. The number of nitrogens with zero attached hydrogens (tertiary/aromatic N) is 2. The van der Waals surface area contributed by atoms with E-state index < -0.39 is 0 Å². The van der Waals surface area contributed by atoms with Gasteiger partial charge in [0.25, 0.3) is 0 Å². The van der Waals surface area contributed by atoms with E-state index in [4.69, 9.17) is 16.3 Å². The zero-order valence-corrected chi connectivity index (χ0v) is 12.6. The summed E-state index contributed by atoms with van der Waals surface area (Å²) in [5.41, 5.74) is 2.42. The first kappa shape index (κ1) is 15.4. The highest BCUT2D eigenvalue weighted by Crippen LogP contribution is 2.19. The largest absolute Gasteiger partial charge is 0.380 e. The zero-order valence-electron chi connectivity index (χ0n) is 11.9. The average molecular weight is 306 g/mol. The number of halogens is 1. The lowest BCUT2D eigenvalue weighted by molar-refractivity contribution is 0.112. The molecule has 0 fully saturated rings. The molecule has 1 aromatic heterocycles. The lowest BCUT2D eigenvalue weighted by atomic mass is 10.1. The summed E-state index contributed by atoms with van der Waals surface area (Å²) in [6, 6.07) is 7.98. The van der Waals surface area contributed by atoms with Crippen molar-refractivity contribution in [3.8, 4) is 0 Å². The van der Waals surface area contributed by atoms with Gasteiger partial charge in [0.1, 0.15) is 16.8 Å². The Kier molecular flexibility index (Phi) is 5.25. The van der Waals surface area contributed by atoms with Crippen LogP contribution in [0.5, 0.6) is 0 Å². The number of methoxy groups -OCH3 is 1. The molecule has 0 saturated carbocycles. The van der Waals surface area contributed by atoms with Crippen LogP contribution < -0.4 is 5.32 Å². The van der Waals surface area contributed by atoms with Crippen LogP contribution >= 0.6 is 11.6 Å². The van der Waals surface area contributed by atoms with E-state index in [9.17, 15) is 4.79 Å². The molecule has 0 spiro atoms. The number of benzene rings is 1. The molecule has 0 radical (unpaired) electrons. The summed E-state index contributed by atoms with van der Waals surface area (Å²) in [7, 11) is 1.66. The van der Waals surface area contributed by atoms with Crippen molar-refractivity contribution < 1.29 is 9.53 Å². The van der Waals surface area contributed by atoms with Crippen LogP contribution in [0.1, 0.15) is 27.3 Å². The highest BCUT2D eigenvalue weighted by molar-refractivity contribution is 6.32. The summed E-state index contributed by atoms with van der Waals surface area (Å²) in [4.78, 5) is 19.3. The molecule has 0 saturated heterocycles. The SMILES string of the molecule is COCc1cccc(CNc2nc(C)nc(Cl)c2C=O)c1. The van der Waals surface area contributed by atoms with Gasteiger partial charge < -0.3 is 10.1 Å². The predicted octanol–water partition coefficient (Wildman–Crippen LogP) is 3.01. The van der Waals surface area contributed by atoms with Crippen molar-refractivity contribution in [1.29, 1.82) is 0 Å². The van der Waals surface area contributed by atoms with Crippen LogP contribution in [0.25, 0.3) is 0 Å². The van der Waals surface area contributed by atoms with E-state index in [1.54, 1.807) is 14.0 Å². The van der Waals surface area contributed by atoms with E-state index in [2.05, 4.69) is 15.3 Å². The first-order chi connectivity index (χ1) is 10.1. The van der Waals surface area contributed by atoms with E-state index in [0.717, 1.165) is 11.1 Å². The summed E-state index contributed by atoms with van der Waals surface area (Å²) in [6.07, 6.45) is 0.658. The summed E-state index contributed by atoms with van der Waals surface area (Å²) in [5, 5.41) is 3.28. The maximum absolute atomic E-state index is 11.1. The molecule has 5 nitrogen and oxygen atoms in total. The minimum Gasteiger partial charge on any atom is -0.380 e. The van der Waals surface area contributed by atoms with Crippen LogP contribution in [-0.4, -0.2) is 23.4 Å². The third-order valence-electron chi connectivity index (χ3n) is 2.89. The number of anilines is 1. The fourth-order valence-corrected chi connectivity index (χ4v) is 2.22. The Balaban J connectivity index is 2.16. The molecule has 0 aliphatic heterocycles. The van der Waals surface area contributed by atoms with E-state index in [0.29, 0.717) is 31.1 Å². The Morgan fingerprint density at radius 2 is 2.10 bits per heavy atom. The molecule has 0 aliphatic rings. The maximum Gasteiger partial charge on any atom is 0.156 e. The second kappa shape index (κ2) is 7.15. The number of aryl methyl sites for hydroxylation is 1. The number of hydrogen-bond donors (Lipinski definition) is 1. The molecule has 2 rings (SSSR count). The maximum atomic E-state index is 11.1. The third kappa shape index (κ3) is 4.00. The normalized spacial score (nSPS) is 10.4. The van der Waals surface area contributed by atoms with Crippen LogP contribution in [-0.2, 0) is 17.9 Å². The highest BCUT2D eigenvalue weighted by Gasteiger charge is 2.10. The molecule has 0 bridgehead atoms. The van der Waals surface area contributed by atoms with Gasteiger partial charge in [-0.15, -0.1) is 0 Å². The molecule has 21 heavy (non-hydrogen) atoms. The Morgan fingerprint density at radius 1 is 1.33 bits per heavy atom. The van der Waals surface area contributed by atoms with E-state index >= 15 is 0 Å². The molecule has 2 aromatic rings. The van der Waals surface area contributed by atoms with Crippen LogP contribution in [0.2, 0.25) is 5.15 Å². The molecular weight excluding hydrogens is 290 g/mol. The molecule has 0 atom stereocenters. The zero-order chi connectivity index (χ0) is 15.2. The van der Waals surface area contributed by atoms with Crippen molar-refractivity contribution in [1.82, 2.24) is 9.97 Å². The van der Waals surface area contributed by atoms with Gasteiger partial charge >= 0.3 is 0 Å². The van der Waals surface area contributed by atoms with Crippen LogP contribution in [0.15, 0.2) is 24.3 Å². The minimum absolute atomic E-state index is 0.160. The van der Waals surface area contributed by atoms with Gasteiger partial charge in [0, 0.05) is 13.7 Å². The van der Waals surface area contributed by atoms with Crippen LogP contribution in [0.4, 0.5) is 5.82 Å². The minimum atomic E-state index is 0.160. The van der Waals surface area contributed by atoms with Crippen molar-refractivity contribution >= 4 is 23.7 Å². The van der Waals surface area contributed by atoms with Gasteiger partial charge in [0.15, 0.2) is 6.29 Å². The summed E-state index contributed by atoms with van der Waals surface area (Å²) in [6.45, 7) is 2.82. The molecule has 6 heteroatoms. The smallest absolute Gasteiger partial charge is 0.156 e. The number of ether oxygens (including phenoxy) is 1. The second-order valence-corrected chi connectivity index (χ2v) is 4.91. The van der Waals surface area contributed by atoms with Gasteiger partial charge in [0.05, 0.1) is 12.2 Å². The number of carbonyl (C=O) groups excluding carboxylic acids is 1. The number of rotatable bonds is 6. The number of nitrogens with one attached hydrogen (secondary N) is 1. The van der Waals surface area contributed by atoms with Crippen LogP contribution in [0.3, 0.4) is 0 Å². The molecule has 110 valence electrons. The highest BCUT2D eigenvalue weighted by atomic mass is 35.5. The van der Waals surface area contributed by atoms with Crippen molar-refractivity contribution in [2.45, 2.75) is 20.1 Å². The van der Waals surface area contributed by atoms with Crippen molar-refractivity contribution in [3.05, 3.63) is 51.9 Å². The first-order valence-electron chi connectivity index (χ1n) is 6.44. The average Bonchev–Trinajstić information content (AvgIpc) is 2.45. The van der Waals surface area contributed by atoms with Gasteiger partial charge in [-0.2, -0.15) is 0 Å². The van der Waals surface area contributed by atoms with Gasteiger partial charge in [-0.1, -0.05) is 35.9 Å². The Morgan fingerprint density at radius 3 is 2.81 bits per heavy atom. The molecule has 0 aliphatic carbocycles. The first-order valence-corrected chi connectivity index (χ1v) is 6.81. The molecule has 1 N–H and O–H groups in total. The lowest BCUT2D eigenvalue weighted by Crippen LogP contribution is -2.07. The predicted molar refractivity (Wildman–Crippen MR) is 81.6 cm³/mol. The summed E-state index contributed by atoms with van der Waals surface area (Å²) >= 11 is 5.94. The Bertz CT molecular complexity index is 647. The van der Waals surface area contributed by atoms with Gasteiger partial charge in [-0.05, 0) is 18.1 Å². The van der Waals surface area contributed by atoms with E-state index in [1.165, 1.54) is 0 Å². The quantitative estimate of drug-likeness (QED) is 0.656. The fourth-order valence-electron chi connectivity index (χ4n) is 1.97. The monoisotopic (exact) mass is 305 g/mol. The summed E-state index contributed by atoms with van der Waals surface area (Å²) in [5.74, 6) is 0.959.